The number of hydrogen-bond acceptors (Lipinski definition) is 4. The van der Waals surface area contributed by atoms with Crippen LogP contribution in [0.2, 0.25) is 0 Å². The Morgan fingerprint density at radius 3 is 2.78 bits per heavy atom. The fourth-order valence-corrected chi connectivity index (χ4v) is 0.780. The zero-order valence-electron chi connectivity index (χ0n) is 4.91. The van der Waals surface area contributed by atoms with Crippen molar-refractivity contribution in [2.45, 2.75) is 18.6 Å². The largest absolute Gasteiger partial charge is 0.459 e. The van der Waals surface area contributed by atoms with Gasteiger partial charge in [-0.15, -0.1) is 0 Å². The van der Waals surface area contributed by atoms with Crippen LogP contribution in [0.15, 0.2) is 0 Å². The second-order valence-corrected chi connectivity index (χ2v) is 2.05. The van der Waals surface area contributed by atoms with E-state index < -0.39 is 12.1 Å². The van der Waals surface area contributed by atoms with Crippen molar-refractivity contribution in [1.82, 2.24) is 0 Å². The van der Waals surface area contributed by atoms with Gasteiger partial charge in [-0.05, 0) is 0 Å². The maximum absolute atomic E-state index is 10.4. The first kappa shape index (κ1) is 6.51. The Hall–Kier alpha value is -0.610. The lowest BCUT2D eigenvalue weighted by Crippen LogP contribution is -2.19. The molecule has 0 aliphatic carbocycles. The molecule has 0 spiro atoms. The normalized spacial score (nSPS) is 34.7. The van der Waals surface area contributed by atoms with E-state index in [1.54, 1.807) is 0 Å². The first-order valence-electron chi connectivity index (χ1n) is 2.82. The fourth-order valence-electron chi connectivity index (χ4n) is 0.780. The summed E-state index contributed by atoms with van der Waals surface area (Å²) in [6, 6.07) is 0. The van der Waals surface area contributed by atoms with E-state index in [0.29, 0.717) is 13.0 Å². The summed E-state index contributed by atoms with van der Waals surface area (Å²) in [7, 11) is 0. The number of nitrogens with two attached hydrogens (primary N) is 1. The summed E-state index contributed by atoms with van der Waals surface area (Å²) in [5.74, 6) is -0.551. The minimum absolute atomic E-state index is 0.271. The number of ether oxygens (including phenoxy) is 1. The molecular formula is C5H9NO3. The van der Waals surface area contributed by atoms with Gasteiger partial charge < -0.3 is 15.6 Å². The standard InChI is InChI=1S/C5H9NO3/c6-2-3-1-4(7)5(8)9-3/h3-4,7H,1-2,6H2/t3-,4+/m1/s1. The average Bonchev–Trinajstić information content (AvgIpc) is 2.13. The van der Waals surface area contributed by atoms with Gasteiger partial charge in [0.2, 0.25) is 0 Å². The zero-order valence-corrected chi connectivity index (χ0v) is 4.91. The van der Waals surface area contributed by atoms with Gasteiger partial charge >= 0.3 is 5.97 Å². The van der Waals surface area contributed by atoms with Gasteiger partial charge in [-0.1, -0.05) is 0 Å². The Balaban J connectivity index is 2.44. The molecule has 4 heteroatoms. The van der Waals surface area contributed by atoms with Crippen LogP contribution in [0.3, 0.4) is 0 Å². The molecule has 0 amide bonds. The van der Waals surface area contributed by atoms with Crippen LogP contribution < -0.4 is 5.73 Å². The predicted molar refractivity (Wildman–Crippen MR) is 29.6 cm³/mol. The minimum atomic E-state index is -0.946. The summed E-state index contributed by atoms with van der Waals surface area (Å²) in [6.45, 7) is 0.294. The van der Waals surface area contributed by atoms with Crippen molar-refractivity contribution in [1.29, 1.82) is 0 Å². The predicted octanol–water partition coefficient (Wildman–Crippen LogP) is -1.38. The topological polar surface area (TPSA) is 72.5 Å². The third-order valence-corrected chi connectivity index (χ3v) is 1.30. The first-order chi connectivity index (χ1) is 4.24. The summed E-state index contributed by atoms with van der Waals surface area (Å²) < 4.78 is 4.61. The molecule has 1 fully saturated rings. The Morgan fingerprint density at radius 1 is 1.89 bits per heavy atom. The number of hydrogen-bond donors (Lipinski definition) is 2. The van der Waals surface area contributed by atoms with Crippen LogP contribution in [0, 0.1) is 0 Å². The molecule has 1 rings (SSSR count). The van der Waals surface area contributed by atoms with E-state index in [0.717, 1.165) is 0 Å². The third-order valence-electron chi connectivity index (χ3n) is 1.30. The van der Waals surface area contributed by atoms with Gasteiger partial charge in [0.25, 0.3) is 0 Å². The van der Waals surface area contributed by atoms with Crippen molar-refractivity contribution >= 4 is 5.97 Å². The van der Waals surface area contributed by atoms with Crippen LogP contribution in [0.1, 0.15) is 6.42 Å². The number of aliphatic hydroxyl groups excluding tert-OH is 1. The molecule has 0 aromatic heterocycles. The molecule has 0 saturated carbocycles. The first-order valence-corrected chi connectivity index (χ1v) is 2.82. The molecule has 0 radical (unpaired) electrons. The molecule has 4 nitrogen and oxygen atoms in total. The highest BCUT2D eigenvalue weighted by Crippen LogP contribution is 2.12. The van der Waals surface area contributed by atoms with Gasteiger partial charge in [-0.3, -0.25) is 0 Å². The molecule has 0 aromatic rings. The van der Waals surface area contributed by atoms with E-state index >= 15 is 0 Å². The number of cyclic esters (lactones) is 1. The number of carbonyl (C=O) groups is 1. The highest BCUT2D eigenvalue weighted by Gasteiger charge is 2.31. The summed E-state index contributed by atoms with van der Waals surface area (Å²) in [6.07, 6.45) is -0.874. The van der Waals surface area contributed by atoms with E-state index in [1.807, 2.05) is 0 Å². The second kappa shape index (κ2) is 2.33. The van der Waals surface area contributed by atoms with E-state index in [9.17, 15) is 4.79 Å². The van der Waals surface area contributed by atoms with Crippen molar-refractivity contribution in [2.24, 2.45) is 5.73 Å². The molecule has 0 unspecified atom stereocenters. The number of carbonyl (C=O) groups excluding carboxylic acids is 1. The molecule has 52 valence electrons. The molecule has 1 aliphatic rings. The van der Waals surface area contributed by atoms with Gasteiger partial charge in [-0.2, -0.15) is 0 Å². The van der Waals surface area contributed by atoms with Crippen molar-refractivity contribution < 1.29 is 14.6 Å². The molecular weight excluding hydrogens is 122 g/mol. The fraction of sp³-hybridized carbons (Fsp3) is 0.800. The maximum Gasteiger partial charge on any atom is 0.335 e. The SMILES string of the molecule is NC[C@H]1C[C@H](O)C(=O)O1. The maximum atomic E-state index is 10.4. The summed E-state index contributed by atoms with van der Waals surface area (Å²) >= 11 is 0. The molecule has 1 saturated heterocycles. The Bertz CT molecular complexity index is 125. The van der Waals surface area contributed by atoms with Gasteiger partial charge in [0.05, 0.1) is 0 Å². The van der Waals surface area contributed by atoms with Crippen LogP contribution in [0.25, 0.3) is 0 Å². The summed E-state index contributed by atoms with van der Waals surface area (Å²) in [4.78, 5) is 10.4. The summed E-state index contributed by atoms with van der Waals surface area (Å²) in [5, 5.41) is 8.77. The van der Waals surface area contributed by atoms with Gasteiger partial charge in [0.1, 0.15) is 6.10 Å². The van der Waals surface area contributed by atoms with Crippen LogP contribution in [0.4, 0.5) is 0 Å². The van der Waals surface area contributed by atoms with Crippen LogP contribution in [0.5, 0.6) is 0 Å². The lowest BCUT2D eigenvalue weighted by atomic mass is 10.2. The third kappa shape index (κ3) is 1.20. The number of rotatable bonds is 1. The molecule has 1 heterocycles. The van der Waals surface area contributed by atoms with E-state index in [-0.39, 0.29) is 6.10 Å². The summed E-state index contributed by atoms with van der Waals surface area (Å²) in [5.41, 5.74) is 5.17. The van der Waals surface area contributed by atoms with E-state index in [4.69, 9.17) is 10.8 Å². The van der Waals surface area contributed by atoms with Crippen molar-refractivity contribution in [3.05, 3.63) is 0 Å². The second-order valence-electron chi connectivity index (χ2n) is 2.05. The lowest BCUT2D eigenvalue weighted by Gasteiger charge is -2.01. The Labute approximate surface area is 52.6 Å². The highest BCUT2D eigenvalue weighted by molar-refractivity contribution is 5.76. The van der Waals surface area contributed by atoms with Crippen LogP contribution in [-0.2, 0) is 9.53 Å². The quantitative estimate of drug-likeness (QED) is 0.430. The highest BCUT2D eigenvalue weighted by atomic mass is 16.6. The van der Waals surface area contributed by atoms with Crippen molar-refractivity contribution in [2.75, 3.05) is 6.54 Å². The molecule has 2 atom stereocenters. The monoisotopic (exact) mass is 131 g/mol. The molecule has 0 bridgehead atoms. The molecule has 3 N–H and O–H groups in total. The van der Waals surface area contributed by atoms with Gasteiger partial charge in [0, 0.05) is 13.0 Å². The van der Waals surface area contributed by atoms with Crippen molar-refractivity contribution in [3.63, 3.8) is 0 Å². The van der Waals surface area contributed by atoms with Crippen LogP contribution in [-0.4, -0.2) is 29.8 Å². The Kier molecular flexibility index (Phi) is 1.68. The minimum Gasteiger partial charge on any atom is -0.459 e. The lowest BCUT2D eigenvalue weighted by molar-refractivity contribution is -0.147. The molecule has 1 aliphatic heterocycles. The van der Waals surface area contributed by atoms with Crippen molar-refractivity contribution in [3.8, 4) is 0 Å². The van der Waals surface area contributed by atoms with Crippen LogP contribution >= 0.6 is 0 Å². The zero-order chi connectivity index (χ0) is 6.85. The number of aliphatic hydroxyl groups is 1. The molecule has 9 heavy (non-hydrogen) atoms. The van der Waals surface area contributed by atoms with Gasteiger partial charge in [0.15, 0.2) is 6.10 Å². The van der Waals surface area contributed by atoms with E-state index in [1.165, 1.54) is 0 Å². The molecule has 0 aromatic carbocycles. The smallest absolute Gasteiger partial charge is 0.335 e. The van der Waals surface area contributed by atoms with Gasteiger partial charge in [-0.25, -0.2) is 4.79 Å². The average molecular weight is 131 g/mol. The van der Waals surface area contributed by atoms with E-state index in [2.05, 4.69) is 4.74 Å². The number of esters is 1. The Morgan fingerprint density at radius 2 is 2.56 bits per heavy atom.